The highest BCUT2D eigenvalue weighted by Gasteiger charge is 2.53. The zero-order chi connectivity index (χ0) is 28.7. The molecule has 1 saturated heterocycles. The van der Waals surface area contributed by atoms with Crippen LogP contribution in [0.15, 0.2) is 91.0 Å². The van der Waals surface area contributed by atoms with Crippen LogP contribution in [-0.2, 0) is 19.8 Å². The van der Waals surface area contributed by atoms with Gasteiger partial charge in [0.1, 0.15) is 18.9 Å². The first-order valence-electron chi connectivity index (χ1n) is 14.2. The highest BCUT2D eigenvalue weighted by molar-refractivity contribution is 6.11. The third-order valence-corrected chi connectivity index (χ3v) is 8.39. The third kappa shape index (κ3) is 4.99. The molecule has 0 unspecified atom stereocenters. The zero-order valence-corrected chi connectivity index (χ0v) is 23.1. The van der Waals surface area contributed by atoms with Crippen LogP contribution in [-0.4, -0.2) is 46.0 Å². The first kappa shape index (κ1) is 26.2. The van der Waals surface area contributed by atoms with Gasteiger partial charge in [0.15, 0.2) is 0 Å². The van der Waals surface area contributed by atoms with Crippen molar-refractivity contribution in [1.82, 2.24) is 9.88 Å². The molecule has 1 N–H and O–H groups in total. The lowest BCUT2D eigenvalue weighted by molar-refractivity contribution is -0.113. The van der Waals surface area contributed by atoms with Crippen LogP contribution in [0.4, 0.5) is 5.69 Å². The van der Waals surface area contributed by atoms with Crippen molar-refractivity contribution >= 4 is 17.5 Å². The van der Waals surface area contributed by atoms with Crippen molar-refractivity contribution in [3.05, 3.63) is 119 Å². The summed E-state index contributed by atoms with van der Waals surface area (Å²) in [7, 11) is 0. The van der Waals surface area contributed by atoms with Crippen molar-refractivity contribution in [2.75, 3.05) is 18.0 Å². The van der Waals surface area contributed by atoms with E-state index in [1.165, 1.54) is 0 Å². The number of likely N-dealkylation sites (tertiary alicyclic amines) is 1. The van der Waals surface area contributed by atoms with Crippen molar-refractivity contribution < 1.29 is 24.2 Å². The summed E-state index contributed by atoms with van der Waals surface area (Å²) in [5.41, 5.74) is 4.56. The van der Waals surface area contributed by atoms with Crippen molar-refractivity contribution in [3.8, 4) is 11.8 Å². The normalized spacial score (nSPS) is 17.0. The Balaban J connectivity index is 1.10. The number of aromatic nitrogens is 1. The first-order chi connectivity index (χ1) is 20.5. The number of carbonyl (C=O) groups is 2. The number of rotatable bonds is 8. The molecule has 0 bridgehead atoms. The molecule has 0 atom stereocenters. The lowest BCUT2D eigenvalue weighted by atomic mass is 9.62. The molecule has 3 aliphatic rings. The molecule has 2 amide bonds. The molecule has 4 aromatic rings. The second-order valence-electron chi connectivity index (χ2n) is 11.5. The molecular formula is C34H31N3O5. The Labute approximate surface area is 244 Å². The topological polar surface area (TPSA) is 92.2 Å². The Hall–Kier alpha value is -4.69. The van der Waals surface area contributed by atoms with E-state index in [1.807, 2.05) is 71.6 Å². The Kier molecular flexibility index (Phi) is 6.63. The average molecular weight is 562 g/mol. The third-order valence-electron chi connectivity index (χ3n) is 8.39. The summed E-state index contributed by atoms with van der Waals surface area (Å²) in [6, 6.07) is 28.5. The fraction of sp³-hybridized carbons (Fsp3) is 0.265. The van der Waals surface area contributed by atoms with Gasteiger partial charge in [0, 0.05) is 35.7 Å². The van der Waals surface area contributed by atoms with Gasteiger partial charge < -0.3 is 19.5 Å². The number of hydrogen-bond donors (Lipinski definition) is 1. The number of nitrogens with zero attached hydrogens (tertiary/aromatic N) is 3. The number of pyridine rings is 1. The number of hydrogen-bond acceptors (Lipinski definition) is 6. The number of ether oxygens (including phenoxy) is 2. The Morgan fingerprint density at radius 2 is 1.55 bits per heavy atom. The van der Waals surface area contributed by atoms with E-state index in [0.717, 1.165) is 29.5 Å². The van der Waals surface area contributed by atoms with Crippen molar-refractivity contribution in [1.29, 1.82) is 0 Å². The second kappa shape index (κ2) is 10.6. The molecule has 8 heteroatoms. The fourth-order valence-corrected chi connectivity index (χ4v) is 6.20. The minimum atomic E-state index is -0.236. The number of aliphatic hydroxyl groups is 1. The number of aliphatic hydroxyl groups excluding tert-OH is 1. The Morgan fingerprint density at radius 1 is 0.881 bits per heavy atom. The maximum absolute atomic E-state index is 13.6. The molecule has 7 rings (SSSR count). The van der Waals surface area contributed by atoms with E-state index in [1.54, 1.807) is 29.2 Å². The standard InChI is InChI=1S/C34H31N3O5/c38-27-16-34(17-27)21-36(22-34)32(39)25-11-12-28-26(15-25)18-37(33(28)40)29-13-14-30(41-19-23-7-3-1-4-8-23)35-31(29)42-20-24-9-5-2-6-10-24/h1-15,27,38H,16-22H2. The van der Waals surface area contributed by atoms with Crippen LogP contribution in [0.5, 0.6) is 11.8 Å². The second-order valence-corrected chi connectivity index (χ2v) is 11.5. The summed E-state index contributed by atoms with van der Waals surface area (Å²) in [6.07, 6.45) is 1.30. The molecule has 1 spiro atoms. The highest BCUT2D eigenvalue weighted by atomic mass is 16.5. The molecule has 1 saturated carbocycles. The molecule has 212 valence electrons. The van der Waals surface area contributed by atoms with Crippen LogP contribution in [0.3, 0.4) is 0 Å². The number of fused-ring (bicyclic) bond motifs is 1. The van der Waals surface area contributed by atoms with E-state index in [4.69, 9.17) is 9.47 Å². The summed E-state index contributed by atoms with van der Waals surface area (Å²) in [4.78, 5) is 34.8. The predicted molar refractivity (Wildman–Crippen MR) is 156 cm³/mol. The summed E-state index contributed by atoms with van der Waals surface area (Å²) < 4.78 is 12.1. The van der Waals surface area contributed by atoms with Crippen molar-refractivity contribution in [3.63, 3.8) is 0 Å². The molecule has 0 radical (unpaired) electrons. The smallest absolute Gasteiger partial charge is 0.259 e. The molecule has 2 aliphatic heterocycles. The molecule has 3 aromatic carbocycles. The summed E-state index contributed by atoms with van der Waals surface area (Å²) in [5.74, 6) is 0.494. The van der Waals surface area contributed by atoms with E-state index >= 15 is 0 Å². The van der Waals surface area contributed by atoms with E-state index in [-0.39, 0.29) is 29.9 Å². The summed E-state index contributed by atoms with van der Waals surface area (Å²) in [6.45, 7) is 2.30. The molecule has 3 heterocycles. The quantitative estimate of drug-likeness (QED) is 0.326. The van der Waals surface area contributed by atoms with Crippen molar-refractivity contribution in [2.45, 2.75) is 38.7 Å². The molecule has 42 heavy (non-hydrogen) atoms. The average Bonchev–Trinajstić information content (AvgIpc) is 3.32. The van der Waals surface area contributed by atoms with Gasteiger partial charge in [-0.05, 0) is 53.8 Å². The SMILES string of the molecule is O=C(c1ccc2c(c1)CN(c1ccc(OCc3ccccc3)nc1OCc1ccccc1)C2=O)N1CC2(CC(O)C2)C1. The summed E-state index contributed by atoms with van der Waals surface area (Å²) >= 11 is 0. The van der Waals surface area contributed by atoms with Crippen LogP contribution < -0.4 is 14.4 Å². The van der Waals surface area contributed by atoms with E-state index in [9.17, 15) is 14.7 Å². The van der Waals surface area contributed by atoms with Crippen LogP contribution in [0.1, 0.15) is 50.2 Å². The van der Waals surface area contributed by atoms with Gasteiger partial charge in [-0.15, -0.1) is 0 Å². The number of anilines is 1. The predicted octanol–water partition coefficient (Wildman–Crippen LogP) is 5.00. The summed E-state index contributed by atoms with van der Waals surface area (Å²) in [5, 5.41) is 9.68. The van der Waals surface area contributed by atoms with Gasteiger partial charge in [-0.1, -0.05) is 60.7 Å². The first-order valence-corrected chi connectivity index (χ1v) is 14.2. The zero-order valence-electron chi connectivity index (χ0n) is 23.1. The lowest BCUT2D eigenvalue weighted by Gasteiger charge is -2.57. The van der Waals surface area contributed by atoms with E-state index in [2.05, 4.69) is 4.98 Å². The maximum atomic E-state index is 13.6. The number of carbonyl (C=O) groups excluding carboxylic acids is 2. The van der Waals surface area contributed by atoms with E-state index < -0.39 is 0 Å². The maximum Gasteiger partial charge on any atom is 0.259 e. The molecular weight excluding hydrogens is 530 g/mol. The fourth-order valence-electron chi connectivity index (χ4n) is 6.20. The van der Waals surface area contributed by atoms with Crippen LogP contribution in [0.2, 0.25) is 0 Å². The van der Waals surface area contributed by atoms with Gasteiger partial charge in [0.05, 0.1) is 12.6 Å². The largest absolute Gasteiger partial charge is 0.473 e. The molecule has 1 aromatic heterocycles. The lowest BCUT2D eigenvalue weighted by Crippen LogP contribution is -2.65. The number of benzene rings is 3. The minimum absolute atomic E-state index is 0.0378. The minimum Gasteiger partial charge on any atom is -0.473 e. The number of amides is 2. The van der Waals surface area contributed by atoms with Gasteiger partial charge >= 0.3 is 0 Å². The van der Waals surface area contributed by atoms with Crippen LogP contribution in [0, 0.1) is 5.41 Å². The van der Waals surface area contributed by atoms with Gasteiger partial charge in [-0.3, -0.25) is 14.5 Å². The van der Waals surface area contributed by atoms with Gasteiger partial charge in [0.2, 0.25) is 11.8 Å². The van der Waals surface area contributed by atoms with Gasteiger partial charge in [0.25, 0.3) is 11.8 Å². The van der Waals surface area contributed by atoms with E-state index in [0.29, 0.717) is 54.8 Å². The van der Waals surface area contributed by atoms with Gasteiger partial charge in [-0.25, -0.2) is 0 Å². The highest BCUT2D eigenvalue weighted by Crippen LogP contribution is 2.48. The van der Waals surface area contributed by atoms with Gasteiger partial charge in [-0.2, -0.15) is 4.98 Å². The van der Waals surface area contributed by atoms with Crippen molar-refractivity contribution in [2.24, 2.45) is 5.41 Å². The molecule has 8 nitrogen and oxygen atoms in total. The van der Waals surface area contributed by atoms with Crippen LogP contribution >= 0.6 is 0 Å². The molecule has 2 fully saturated rings. The van der Waals surface area contributed by atoms with Crippen LogP contribution in [0.25, 0.3) is 0 Å². The monoisotopic (exact) mass is 561 g/mol. The Morgan fingerprint density at radius 3 is 2.21 bits per heavy atom. The molecule has 1 aliphatic carbocycles. The Bertz CT molecular complexity index is 1630.